The Morgan fingerprint density at radius 3 is 2.10 bits per heavy atom. The van der Waals surface area contributed by atoms with Gasteiger partial charge in [0, 0.05) is 13.0 Å². The van der Waals surface area contributed by atoms with Gasteiger partial charge in [0.15, 0.2) is 0 Å². The van der Waals surface area contributed by atoms with E-state index >= 15 is 0 Å². The smallest absolute Gasteiger partial charge is 0.326 e. The largest absolute Gasteiger partial charge is 0.508 e. The molecule has 48 heavy (non-hydrogen) atoms. The van der Waals surface area contributed by atoms with Gasteiger partial charge in [-0.15, -0.1) is 0 Å². The summed E-state index contributed by atoms with van der Waals surface area (Å²) in [7, 11) is 0. The zero-order valence-corrected chi connectivity index (χ0v) is 27.5. The Morgan fingerprint density at radius 2 is 1.48 bits per heavy atom. The molecule has 260 valence electrons. The fourth-order valence-corrected chi connectivity index (χ4v) is 5.44. The van der Waals surface area contributed by atoms with Crippen molar-refractivity contribution in [1.82, 2.24) is 26.2 Å². The maximum Gasteiger partial charge on any atom is 0.326 e. The number of likely N-dealkylation sites (tertiary alicyclic amines) is 1. The van der Waals surface area contributed by atoms with E-state index in [4.69, 9.17) is 5.73 Å². The Labute approximate surface area is 279 Å². The van der Waals surface area contributed by atoms with Crippen molar-refractivity contribution in [2.24, 2.45) is 11.7 Å². The standard InChI is InChI=1S/C34H46N6O8/c1-20(2)16-27(33(46)40-15-7-10-28(40)34(47)48)39-32(45)26(18-22-8-5-4-6-9-22)38-29(42)19-36-30(43)21(3)37-31(44)25(35)17-23-11-13-24(41)14-12-23/h4-6,8-9,11-14,20-21,25-28,41H,7,10,15-19,35H2,1-3H3,(H,36,43)(H,37,44)(H,38,42)(H,39,45)(H,47,48)/t21-,25+,26+,27+,28+/m1/s1. The molecule has 0 saturated carbocycles. The second-order valence-electron chi connectivity index (χ2n) is 12.5. The summed E-state index contributed by atoms with van der Waals surface area (Å²) in [6.45, 7) is 4.96. The van der Waals surface area contributed by atoms with E-state index in [1.807, 2.05) is 13.8 Å². The normalized spacial score (nSPS) is 16.7. The lowest BCUT2D eigenvalue weighted by Gasteiger charge is -2.29. The van der Waals surface area contributed by atoms with Crippen LogP contribution < -0.4 is 27.0 Å². The van der Waals surface area contributed by atoms with E-state index in [1.165, 1.54) is 24.0 Å². The summed E-state index contributed by atoms with van der Waals surface area (Å²) in [6, 6.07) is 10.1. The molecule has 3 rings (SSSR count). The molecule has 1 fully saturated rings. The number of hydrogen-bond acceptors (Lipinski definition) is 8. The number of rotatable bonds is 16. The number of nitrogens with one attached hydrogen (secondary N) is 4. The average Bonchev–Trinajstić information content (AvgIpc) is 3.54. The van der Waals surface area contributed by atoms with Gasteiger partial charge in [-0.3, -0.25) is 24.0 Å². The van der Waals surface area contributed by atoms with Gasteiger partial charge in [0.25, 0.3) is 0 Å². The lowest BCUT2D eigenvalue weighted by Crippen LogP contribution is -2.57. The molecule has 14 nitrogen and oxygen atoms in total. The van der Waals surface area contributed by atoms with Crippen molar-refractivity contribution in [3.05, 3.63) is 65.7 Å². The number of nitrogens with two attached hydrogens (primary N) is 1. The van der Waals surface area contributed by atoms with Crippen LogP contribution in [0.5, 0.6) is 5.75 Å². The monoisotopic (exact) mass is 666 g/mol. The number of carbonyl (C=O) groups excluding carboxylic acids is 5. The molecule has 5 amide bonds. The molecule has 8 N–H and O–H groups in total. The fraction of sp³-hybridized carbons (Fsp3) is 0.471. The topological polar surface area (TPSA) is 220 Å². The van der Waals surface area contributed by atoms with E-state index in [2.05, 4.69) is 21.3 Å². The van der Waals surface area contributed by atoms with Crippen molar-refractivity contribution >= 4 is 35.5 Å². The number of amides is 5. The van der Waals surface area contributed by atoms with Crippen molar-refractivity contribution in [2.75, 3.05) is 13.1 Å². The molecule has 2 aromatic carbocycles. The lowest BCUT2D eigenvalue weighted by atomic mass is 10.00. The number of hydrogen-bond donors (Lipinski definition) is 7. The molecule has 1 saturated heterocycles. The molecule has 2 aromatic rings. The highest BCUT2D eigenvalue weighted by molar-refractivity contribution is 5.95. The van der Waals surface area contributed by atoms with Crippen LogP contribution in [0.25, 0.3) is 0 Å². The third-order valence-electron chi connectivity index (χ3n) is 7.98. The third kappa shape index (κ3) is 11.4. The maximum atomic E-state index is 13.6. The Balaban J connectivity index is 1.62. The first-order chi connectivity index (χ1) is 22.7. The van der Waals surface area contributed by atoms with Crippen molar-refractivity contribution in [2.45, 2.75) is 83.1 Å². The third-order valence-corrected chi connectivity index (χ3v) is 7.98. The number of carboxylic acid groups (broad SMARTS) is 1. The van der Waals surface area contributed by atoms with Crippen LogP contribution in [-0.2, 0) is 41.6 Å². The van der Waals surface area contributed by atoms with Gasteiger partial charge in [0.2, 0.25) is 29.5 Å². The van der Waals surface area contributed by atoms with Gasteiger partial charge >= 0.3 is 5.97 Å². The molecule has 0 aromatic heterocycles. The Morgan fingerprint density at radius 1 is 0.833 bits per heavy atom. The Bertz CT molecular complexity index is 1430. The summed E-state index contributed by atoms with van der Waals surface area (Å²) in [5, 5.41) is 29.4. The maximum absolute atomic E-state index is 13.6. The fourth-order valence-electron chi connectivity index (χ4n) is 5.44. The lowest BCUT2D eigenvalue weighted by molar-refractivity contribution is -0.149. The number of phenolic OH excluding ortho intramolecular Hbond substituents is 1. The summed E-state index contributed by atoms with van der Waals surface area (Å²) in [5.41, 5.74) is 7.44. The number of carboxylic acids is 1. The van der Waals surface area contributed by atoms with Crippen LogP contribution in [0, 0.1) is 5.92 Å². The SMILES string of the molecule is CC(C)C[C@H](NC(=O)[C@H](Cc1ccccc1)NC(=O)CNC(=O)[C@@H](C)NC(=O)[C@@H](N)Cc1ccc(O)cc1)C(=O)N1CCC[C@H]1C(=O)O. The summed E-state index contributed by atoms with van der Waals surface area (Å²) >= 11 is 0. The number of aliphatic carboxylic acids is 1. The highest BCUT2D eigenvalue weighted by Crippen LogP contribution is 2.20. The molecule has 0 bridgehead atoms. The van der Waals surface area contributed by atoms with Gasteiger partial charge in [-0.05, 0) is 61.8 Å². The number of carbonyl (C=O) groups is 6. The van der Waals surface area contributed by atoms with E-state index < -0.39 is 72.3 Å². The van der Waals surface area contributed by atoms with Crippen molar-refractivity contribution in [1.29, 1.82) is 0 Å². The van der Waals surface area contributed by atoms with Crippen molar-refractivity contribution in [3.8, 4) is 5.75 Å². The van der Waals surface area contributed by atoms with Crippen LogP contribution in [0.3, 0.4) is 0 Å². The predicted octanol–water partition coefficient (Wildman–Crippen LogP) is 0.217. The number of phenols is 1. The molecule has 0 radical (unpaired) electrons. The van der Waals surface area contributed by atoms with E-state index in [1.54, 1.807) is 42.5 Å². The number of benzene rings is 2. The molecule has 1 heterocycles. The van der Waals surface area contributed by atoms with Crippen LogP contribution >= 0.6 is 0 Å². The highest BCUT2D eigenvalue weighted by Gasteiger charge is 2.38. The van der Waals surface area contributed by atoms with Gasteiger partial charge in [-0.1, -0.05) is 56.3 Å². The zero-order chi connectivity index (χ0) is 35.4. The van der Waals surface area contributed by atoms with Gasteiger partial charge in [0.1, 0.15) is 29.9 Å². The second-order valence-corrected chi connectivity index (χ2v) is 12.5. The summed E-state index contributed by atoms with van der Waals surface area (Å²) in [4.78, 5) is 78.3. The minimum absolute atomic E-state index is 0.00708. The molecule has 0 spiro atoms. The molecule has 1 aliphatic rings. The van der Waals surface area contributed by atoms with Gasteiger partial charge in [-0.25, -0.2) is 4.79 Å². The molecular formula is C34H46N6O8. The highest BCUT2D eigenvalue weighted by atomic mass is 16.4. The first-order valence-corrected chi connectivity index (χ1v) is 16.0. The summed E-state index contributed by atoms with van der Waals surface area (Å²) in [5.74, 6) is -4.06. The van der Waals surface area contributed by atoms with Crippen molar-refractivity contribution < 1.29 is 39.0 Å². The minimum atomic E-state index is -1.12. The second kappa shape index (κ2) is 17.8. The number of nitrogens with zero attached hydrogens (tertiary/aromatic N) is 1. The first kappa shape index (κ1) is 37.5. The minimum Gasteiger partial charge on any atom is -0.508 e. The summed E-state index contributed by atoms with van der Waals surface area (Å²) in [6.07, 6.45) is 1.39. The van der Waals surface area contributed by atoms with E-state index in [0.717, 1.165) is 11.1 Å². The summed E-state index contributed by atoms with van der Waals surface area (Å²) < 4.78 is 0. The van der Waals surface area contributed by atoms with E-state index in [9.17, 15) is 39.0 Å². The predicted molar refractivity (Wildman–Crippen MR) is 176 cm³/mol. The zero-order valence-electron chi connectivity index (χ0n) is 27.5. The van der Waals surface area contributed by atoms with Crippen LogP contribution in [0.2, 0.25) is 0 Å². The van der Waals surface area contributed by atoms with E-state index in [0.29, 0.717) is 12.8 Å². The van der Waals surface area contributed by atoms with Crippen LogP contribution in [0.15, 0.2) is 54.6 Å². The van der Waals surface area contributed by atoms with Crippen molar-refractivity contribution in [3.63, 3.8) is 0 Å². The molecule has 1 aliphatic heterocycles. The Kier molecular flexibility index (Phi) is 13.9. The van der Waals surface area contributed by atoms with Crippen LogP contribution in [0.1, 0.15) is 51.2 Å². The van der Waals surface area contributed by atoms with Gasteiger partial charge < -0.3 is 42.1 Å². The molecular weight excluding hydrogens is 620 g/mol. The average molecular weight is 667 g/mol. The van der Waals surface area contributed by atoms with Gasteiger partial charge in [-0.2, -0.15) is 0 Å². The molecule has 0 unspecified atom stereocenters. The molecule has 0 aliphatic carbocycles. The quantitative estimate of drug-likeness (QED) is 0.130. The first-order valence-electron chi connectivity index (χ1n) is 16.0. The molecule has 5 atom stereocenters. The number of aromatic hydroxyl groups is 1. The van der Waals surface area contributed by atoms with Gasteiger partial charge in [0.05, 0.1) is 12.6 Å². The van der Waals surface area contributed by atoms with E-state index in [-0.39, 0.29) is 37.5 Å². The molecule has 14 heteroatoms. The van der Waals surface area contributed by atoms with Crippen LogP contribution in [0.4, 0.5) is 0 Å². The Hall–Kier alpha value is -4.98. The van der Waals surface area contributed by atoms with Crippen LogP contribution in [-0.4, -0.2) is 93.9 Å².